The van der Waals surface area contributed by atoms with Gasteiger partial charge in [0.05, 0.1) is 10.5 Å². The molecule has 2 aromatic rings. The molecule has 0 saturated heterocycles. The Hall–Kier alpha value is -3.48. The van der Waals surface area contributed by atoms with Crippen molar-refractivity contribution in [3.8, 4) is 0 Å². The SMILES string of the molecule is CCN1C(=O)C(Nc2cc(C)cc(C)c2)=C(c2ccc([N+](=O)[O-])cc2)C1=O. The smallest absolute Gasteiger partial charge is 0.278 e. The molecule has 0 spiro atoms. The van der Waals surface area contributed by atoms with Crippen LogP contribution in [0.2, 0.25) is 0 Å². The highest BCUT2D eigenvalue weighted by atomic mass is 16.6. The predicted molar refractivity (Wildman–Crippen MR) is 102 cm³/mol. The number of nitro groups is 1. The second-order valence-corrected chi connectivity index (χ2v) is 6.41. The molecule has 0 saturated carbocycles. The molecule has 1 N–H and O–H groups in total. The average molecular weight is 365 g/mol. The van der Waals surface area contributed by atoms with Crippen LogP contribution >= 0.6 is 0 Å². The first-order chi connectivity index (χ1) is 12.8. The van der Waals surface area contributed by atoms with Crippen molar-refractivity contribution in [3.63, 3.8) is 0 Å². The first kappa shape index (κ1) is 18.3. The number of nitrogens with one attached hydrogen (secondary N) is 1. The lowest BCUT2D eigenvalue weighted by Gasteiger charge is -2.12. The van der Waals surface area contributed by atoms with Crippen molar-refractivity contribution >= 4 is 28.8 Å². The fourth-order valence-corrected chi connectivity index (χ4v) is 3.19. The van der Waals surface area contributed by atoms with Crippen LogP contribution in [0.15, 0.2) is 48.2 Å². The van der Waals surface area contributed by atoms with Crippen molar-refractivity contribution in [1.82, 2.24) is 4.90 Å². The van der Waals surface area contributed by atoms with E-state index in [4.69, 9.17) is 0 Å². The third-order valence-corrected chi connectivity index (χ3v) is 4.34. The van der Waals surface area contributed by atoms with E-state index >= 15 is 0 Å². The molecule has 138 valence electrons. The summed E-state index contributed by atoms with van der Waals surface area (Å²) in [4.78, 5) is 37.0. The molecule has 0 unspecified atom stereocenters. The summed E-state index contributed by atoms with van der Waals surface area (Å²) in [5, 5.41) is 14.0. The van der Waals surface area contributed by atoms with E-state index in [2.05, 4.69) is 5.32 Å². The molecule has 0 fully saturated rings. The maximum absolute atomic E-state index is 12.8. The van der Waals surface area contributed by atoms with Gasteiger partial charge in [-0.2, -0.15) is 0 Å². The molecule has 7 heteroatoms. The van der Waals surface area contributed by atoms with Gasteiger partial charge in [0.25, 0.3) is 17.5 Å². The number of carbonyl (C=O) groups excluding carboxylic acids is 2. The lowest BCUT2D eigenvalue weighted by Crippen LogP contribution is -2.32. The number of rotatable bonds is 5. The predicted octanol–water partition coefficient (Wildman–Crippen LogP) is 3.42. The third-order valence-electron chi connectivity index (χ3n) is 4.34. The fourth-order valence-electron chi connectivity index (χ4n) is 3.19. The lowest BCUT2D eigenvalue weighted by molar-refractivity contribution is -0.384. The quantitative estimate of drug-likeness (QED) is 0.498. The number of imide groups is 1. The van der Waals surface area contributed by atoms with Crippen molar-refractivity contribution in [2.24, 2.45) is 0 Å². The molecule has 1 aliphatic heterocycles. The minimum absolute atomic E-state index is 0.0766. The lowest BCUT2D eigenvalue weighted by atomic mass is 10.0. The van der Waals surface area contributed by atoms with Gasteiger partial charge in [-0.25, -0.2) is 0 Å². The summed E-state index contributed by atoms with van der Waals surface area (Å²) >= 11 is 0. The Morgan fingerprint density at radius 1 is 1.00 bits per heavy atom. The van der Waals surface area contributed by atoms with Crippen molar-refractivity contribution < 1.29 is 14.5 Å². The zero-order valence-corrected chi connectivity index (χ0v) is 15.3. The molecule has 7 nitrogen and oxygen atoms in total. The average Bonchev–Trinajstić information content (AvgIpc) is 2.84. The summed E-state index contributed by atoms with van der Waals surface area (Å²) in [6, 6.07) is 11.4. The summed E-state index contributed by atoms with van der Waals surface area (Å²) in [6.07, 6.45) is 0. The molecule has 2 aromatic carbocycles. The van der Waals surface area contributed by atoms with Crippen LogP contribution in [0.1, 0.15) is 23.6 Å². The fraction of sp³-hybridized carbons (Fsp3) is 0.200. The van der Waals surface area contributed by atoms with Gasteiger partial charge in [-0.05, 0) is 61.7 Å². The van der Waals surface area contributed by atoms with Gasteiger partial charge in [0.15, 0.2) is 0 Å². The maximum Gasteiger partial charge on any atom is 0.278 e. The molecule has 0 aromatic heterocycles. The summed E-state index contributed by atoms with van der Waals surface area (Å²) in [5.74, 6) is -0.821. The highest BCUT2D eigenvalue weighted by molar-refractivity contribution is 6.36. The van der Waals surface area contributed by atoms with E-state index in [9.17, 15) is 19.7 Å². The van der Waals surface area contributed by atoms with Crippen LogP contribution in [-0.2, 0) is 9.59 Å². The standard InChI is InChI=1S/C20H19N3O4/c1-4-22-19(24)17(14-5-7-16(8-6-14)23(26)27)18(20(22)25)21-15-10-12(2)9-13(3)11-15/h5-11,21H,4H2,1-3H3. The Bertz CT molecular complexity index is 957. The van der Waals surface area contributed by atoms with Crippen LogP contribution in [-0.4, -0.2) is 28.2 Å². The minimum atomic E-state index is -0.507. The maximum atomic E-state index is 12.8. The molecule has 1 heterocycles. The number of amides is 2. The van der Waals surface area contributed by atoms with Gasteiger partial charge in [-0.3, -0.25) is 24.6 Å². The normalized spacial score (nSPS) is 14.1. The number of non-ortho nitro benzene ring substituents is 1. The molecular weight excluding hydrogens is 346 g/mol. The molecule has 1 aliphatic rings. The molecule has 27 heavy (non-hydrogen) atoms. The first-order valence-electron chi connectivity index (χ1n) is 8.52. The minimum Gasteiger partial charge on any atom is -0.350 e. The first-order valence-corrected chi connectivity index (χ1v) is 8.52. The molecule has 0 radical (unpaired) electrons. The van der Waals surface area contributed by atoms with E-state index < -0.39 is 16.7 Å². The van der Waals surface area contributed by atoms with Crippen LogP contribution in [0.4, 0.5) is 11.4 Å². The van der Waals surface area contributed by atoms with Crippen molar-refractivity contribution in [2.45, 2.75) is 20.8 Å². The Balaban J connectivity index is 2.09. The highest BCUT2D eigenvalue weighted by Crippen LogP contribution is 2.31. The number of benzene rings is 2. The Morgan fingerprint density at radius 2 is 1.59 bits per heavy atom. The number of anilines is 1. The van der Waals surface area contributed by atoms with Gasteiger partial charge in [0.2, 0.25) is 0 Å². The van der Waals surface area contributed by atoms with Crippen molar-refractivity contribution in [1.29, 1.82) is 0 Å². The zero-order chi connectivity index (χ0) is 19.7. The van der Waals surface area contributed by atoms with E-state index in [-0.39, 0.29) is 23.5 Å². The van der Waals surface area contributed by atoms with Gasteiger partial charge >= 0.3 is 0 Å². The monoisotopic (exact) mass is 365 g/mol. The number of nitrogens with zero attached hydrogens (tertiary/aromatic N) is 2. The number of aryl methyl sites for hydroxylation is 2. The summed E-state index contributed by atoms with van der Waals surface area (Å²) in [7, 11) is 0. The van der Waals surface area contributed by atoms with Gasteiger partial charge < -0.3 is 5.32 Å². The molecule has 0 aliphatic carbocycles. The van der Waals surface area contributed by atoms with Gasteiger partial charge in [0, 0.05) is 24.4 Å². The molecule has 0 bridgehead atoms. The Kier molecular flexibility index (Phi) is 4.77. The van der Waals surface area contributed by atoms with Gasteiger partial charge in [-0.15, -0.1) is 0 Å². The third kappa shape index (κ3) is 3.44. The van der Waals surface area contributed by atoms with E-state index in [1.807, 2.05) is 32.0 Å². The van der Waals surface area contributed by atoms with Crippen LogP contribution in [0.3, 0.4) is 0 Å². The summed E-state index contributed by atoms with van der Waals surface area (Å²) < 4.78 is 0. The van der Waals surface area contributed by atoms with Crippen molar-refractivity contribution in [3.05, 3.63) is 75.0 Å². The van der Waals surface area contributed by atoms with Gasteiger partial charge in [0.1, 0.15) is 5.70 Å². The van der Waals surface area contributed by atoms with Crippen molar-refractivity contribution in [2.75, 3.05) is 11.9 Å². The van der Waals surface area contributed by atoms with Crippen LogP contribution in [0, 0.1) is 24.0 Å². The van der Waals surface area contributed by atoms with E-state index in [1.165, 1.54) is 24.3 Å². The number of hydrogen-bond donors (Lipinski definition) is 1. The molecule has 0 atom stereocenters. The van der Waals surface area contributed by atoms with E-state index in [0.29, 0.717) is 11.3 Å². The second kappa shape index (κ2) is 7.03. The summed E-state index contributed by atoms with van der Waals surface area (Å²) in [5.41, 5.74) is 3.55. The number of likely N-dealkylation sites (N-methyl/N-ethyl adjacent to an activating group) is 1. The van der Waals surface area contributed by atoms with Crippen LogP contribution in [0.25, 0.3) is 5.57 Å². The topological polar surface area (TPSA) is 92.6 Å². The number of nitro benzene ring substituents is 1. The highest BCUT2D eigenvalue weighted by Gasteiger charge is 2.38. The van der Waals surface area contributed by atoms with Crippen LogP contribution < -0.4 is 5.32 Å². The second-order valence-electron chi connectivity index (χ2n) is 6.41. The van der Waals surface area contributed by atoms with E-state index in [0.717, 1.165) is 16.0 Å². The van der Waals surface area contributed by atoms with Gasteiger partial charge in [-0.1, -0.05) is 6.07 Å². The Labute approximate surface area is 156 Å². The summed E-state index contributed by atoms with van der Waals surface area (Å²) in [6.45, 7) is 5.86. The van der Waals surface area contributed by atoms with E-state index in [1.54, 1.807) is 6.92 Å². The molecular formula is C20H19N3O4. The zero-order valence-electron chi connectivity index (χ0n) is 15.3. The van der Waals surface area contributed by atoms with Crippen LogP contribution in [0.5, 0.6) is 0 Å². The molecule has 3 rings (SSSR count). The number of hydrogen-bond acceptors (Lipinski definition) is 5. The number of carbonyl (C=O) groups is 2. The Morgan fingerprint density at radius 3 is 2.11 bits per heavy atom. The molecule has 2 amide bonds. The largest absolute Gasteiger partial charge is 0.350 e.